The van der Waals surface area contributed by atoms with Gasteiger partial charge in [-0.25, -0.2) is 4.79 Å². The molecule has 6 heteroatoms. The standard InChI is InChI=1S/C17H25N3O3/c1-12(2)18-17(22)19-14-10-16(21)20(11-14)9-8-13-4-6-15(23-3)7-5-13/h4-7,12,14H,8-11H2,1-3H3,(H2,18,19,22). The summed E-state index contributed by atoms with van der Waals surface area (Å²) in [4.78, 5) is 25.6. The second-order valence-electron chi connectivity index (χ2n) is 6.11. The number of methoxy groups -OCH3 is 1. The van der Waals surface area contributed by atoms with Crippen LogP contribution in [0, 0.1) is 0 Å². The third-order valence-electron chi connectivity index (χ3n) is 3.80. The van der Waals surface area contributed by atoms with Crippen LogP contribution in [0.15, 0.2) is 24.3 Å². The van der Waals surface area contributed by atoms with E-state index in [0.717, 1.165) is 17.7 Å². The monoisotopic (exact) mass is 319 g/mol. The largest absolute Gasteiger partial charge is 0.497 e. The minimum atomic E-state index is -0.213. The maximum Gasteiger partial charge on any atom is 0.315 e. The Labute approximate surface area is 137 Å². The molecule has 2 rings (SSSR count). The fourth-order valence-electron chi connectivity index (χ4n) is 2.63. The van der Waals surface area contributed by atoms with Crippen LogP contribution in [0.1, 0.15) is 25.8 Å². The molecule has 0 aliphatic carbocycles. The molecule has 1 unspecified atom stereocenters. The lowest BCUT2D eigenvalue weighted by molar-refractivity contribution is -0.127. The van der Waals surface area contributed by atoms with Crippen molar-refractivity contribution in [2.24, 2.45) is 0 Å². The van der Waals surface area contributed by atoms with Gasteiger partial charge in [-0.05, 0) is 38.0 Å². The van der Waals surface area contributed by atoms with Crippen LogP contribution in [0.5, 0.6) is 5.75 Å². The first-order chi connectivity index (χ1) is 11.0. The smallest absolute Gasteiger partial charge is 0.315 e. The second kappa shape index (κ2) is 7.85. The molecule has 126 valence electrons. The Balaban J connectivity index is 1.79. The summed E-state index contributed by atoms with van der Waals surface area (Å²) in [5, 5.41) is 5.63. The van der Waals surface area contributed by atoms with Gasteiger partial charge in [0.2, 0.25) is 5.91 Å². The van der Waals surface area contributed by atoms with Crippen molar-refractivity contribution >= 4 is 11.9 Å². The van der Waals surface area contributed by atoms with E-state index in [1.165, 1.54) is 0 Å². The van der Waals surface area contributed by atoms with E-state index < -0.39 is 0 Å². The van der Waals surface area contributed by atoms with E-state index in [-0.39, 0.29) is 24.0 Å². The molecular formula is C17H25N3O3. The molecule has 1 heterocycles. The molecule has 0 bridgehead atoms. The molecular weight excluding hydrogens is 294 g/mol. The molecule has 1 fully saturated rings. The van der Waals surface area contributed by atoms with Crippen LogP contribution >= 0.6 is 0 Å². The predicted molar refractivity (Wildman–Crippen MR) is 88.5 cm³/mol. The molecule has 1 atom stereocenters. The first kappa shape index (κ1) is 17.1. The zero-order chi connectivity index (χ0) is 16.8. The van der Waals surface area contributed by atoms with Gasteiger partial charge in [0.1, 0.15) is 5.75 Å². The van der Waals surface area contributed by atoms with Gasteiger partial charge in [0.05, 0.1) is 13.2 Å². The van der Waals surface area contributed by atoms with Gasteiger partial charge in [0.25, 0.3) is 0 Å². The quantitative estimate of drug-likeness (QED) is 0.836. The molecule has 1 aromatic rings. The average Bonchev–Trinajstić information content (AvgIpc) is 2.84. The summed E-state index contributed by atoms with van der Waals surface area (Å²) in [6.07, 6.45) is 1.16. The van der Waals surface area contributed by atoms with E-state index in [1.54, 1.807) is 7.11 Å². The van der Waals surface area contributed by atoms with Crippen LogP contribution in [0.2, 0.25) is 0 Å². The van der Waals surface area contributed by atoms with Crippen LogP contribution in [-0.2, 0) is 11.2 Å². The van der Waals surface area contributed by atoms with Crippen LogP contribution in [-0.4, -0.2) is 49.1 Å². The normalized spacial score (nSPS) is 17.5. The van der Waals surface area contributed by atoms with Gasteiger partial charge < -0.3 is 20.3 Å². The lowest BCUT2D eigenvalue weighted by atomic mass is 10.1. The summed E-state index contributed by atoms with van der Waals surface area (Å²) in [5.74, 6) is 0.916. The van der Waals surface area contributed by atoms with E-state index in [4.69, 9.17) is 4.74 Å². The Bertz CT molecular complexity index is 543. The third kappa shape index (κ3) is 5.16. The Morgan fingerprint density at radius 1 is 1.35 bits per heavy atom. The molecule has 0 spiro atoms. The van der Waals surface area contributed by atoms with Crippen molar-refractivity contribution in [2.45, 2.75) is 38.8 Å². The second-order valence-corrected chi connectivity index (χ2v) is 6.11. The minimum absolute atomic E-state index is 0.0817. The van der Waals surface area contributed by atoms with Crippen molar-refractivity contribution in [2.75, 3.05) is 20.2 Å². The van der Waals surface area contributed by atoms with Crippen molar-refractivity contribution in [1.29, 1.82) is 0 Å². The zero-order valence-electron chi connectivity index (χ0n) is 14.0. The van der Waals surface area contributed by atoms with Crippen LogP contribution in [0.3, 0.4) is 0 Å². The number of rotatable bonds is 6. The molecule has 0 saturated carbocycles. The van der Waals surface area contributed by atoms with Gasteiger partial charge in [0.15, 0.2) is 0 Å². The van der Waals surface area contributed by atoms with Gasteiger partial charge in [-0.1, -0.05) is 12.1 Å². The van der Waals surface area contributed by atoms with Crippen molar-refractivity contribution in [3.05, 3.63) is 29.8 Å². The van der Waals surface area contributed by atoms with E-state index in [0.29, 0.717) is 19.5 Å². The number of likely N-dealkylation sites (tertiary alicyclic amines) is 1. The van der Waals surface area contributed by atoms with Crippen molar-refractivity contribution in [1.82, 2.24) is 15.5 Å². The lowest BCUT2D eigenvalue weighted by Gasteiger charge is -2.18. The lowest BCUT2D eigenvalue weighted by Crippen LogP contribution is -2.45. The Morgan fingerprint density at radius 3 is 2.65 bits per heavy atom. The number of nitrogens with zero attached hydrogens (tertiary/aromatic N) is 1. The molecule has 1 aromatic carbocycles. The van der Waals surface area contributed by atoms with Gasteiger partial charge >= 0.3 is 6.03 Å². The van der Waals surface area contributed by atoms with E-state index in [2.05, 4.69) is 10.6 Å². The highest BCUT2D eigenvalue weighted by Gasteiger charge is 2.30. The Kier molecular flexibility index (Phi) is 5.84. The van der Waals surface area contributed by atoms with Crippen molar-refractivity contribution in [3.63, 3.8) is 0 Å². The van der Waals surface area contributed by atoms with Crippen LogP contribution in [0.4, 0.5) is 4.79 Å². The summed E-state index contributed by atoms with van der Waals surface area (Å²) in [6.45, 7) is 5.04. The first-order valence-electron chi connectivity index (χ1n) is 7.95. The summed E-state index contributed by atoms with van der Waals surface area (Å²) in [5.41, 5.74) is 1.16. The third-order valence-corrected chi connectivity index (χ3v) is 3.80. The summed E-state index contributed by atoms with van der Waals surface area (Å²) in [6, 6.07) is 7.60. The first-order valence-corrected chi connectivity index (χ1v) is 7.95. The highest BCUT2D eigenvalue weighted by molar-refractivity contribution is 5.81. The Morgan fingerprint density at radius 2 is 2.04 bits per heavy atom. The van der Waals surface area contributed by atoms with Gasteiger partial charge in [0, 0.05) is 25.6 Å². The number of amides is 3. The van der Waals surface area contributed by atoms with Crippen molar-refractivity contribution < 1.29 is 14.3 Å². The number of carbonyl (C=O) groups excluding carboxylic acids is 2. The maximum absolute atomic E-state index is 12.0. The molecule has 2 N–H and O–H groups in total. The zero-order valence-corrected chi connectivity index (χ0v) is 14.0. The van der Waals surface area contributed by atoms with E-state index >= 15 is 0 Å². The van der Waals surface area contributed by atoms with Crippen LogP contribution < -0.4 is 15.4 Å². The highest BCUT2D eigenvalue weighted by Crippen LogP contribution is 2.15. The van der Waals surface area contributed by atoms with Gasteiger partial charge in [-0.3, -0.25) is 4.79 Å². The fraction of sp³-hybridized carbons (Fsp3) is 0.529. The van der Waals surface area contributed by atoms with Gasteiger partial charge in [-0.2, -0.15) is 0 Å². The number of benzene rings is 1. The number of carbonyl (C=O) groups is 2. The Hall–Kier alpha value is -2.24. The molecule has 0 radical (unpaired) electrons. The van der Waals surface area contributed by atoms with E-state index in [1.807, 2.05) is 43.0 Å². The van der Waals surface area contributed by atoms with Crippen molar-refractivity contribution in [3.8, 4) is 5.75 Å². The van der Waals surface area contributed by atoms with Crippen LogP contribution in [0.25, 0.3) is 0 Å². The number of hydrogen-bond acceptors (Lipinski definition) is 3. The molecule has 1 saturated heterocycles. The minimum Gasteiger partial charge on any atom is -0.497 e. The topological polar surface area (TPSA) is 70.7 Å². The average molecular weight is 319 g/mol. The number of ether oxygens (including phenoxy) is 1. The number of hydrogen-bond donors (Lipinski definition) is 2. The molecule has 0 aromatic heterocycles. The molecule has 1 aliphatic rings. The fourth-order valence-corrected chi connectivity index (χ4v) is 2.63. The van der Waals surface area contributed by atoms with E-state index in [9.17, 15) is 9.59 Å². The highest BCUT2D eigenvalue weighted by atomic mass is 16.5. The maximum atomic E-state index is 12.0. The molecule has 6 nitrogen and oxygen atoms in total. The summed E-state index contributed by atoms with van der Waals surface area (Å²) in [7, 11) is 1.64. The summed E-state index contributed by atoms with van der Waals surface area (Å²) < 4.78 is 5.13. The number of nitrogens with one attached hydrogen (secondary N) is 2. The van der Waals surface area contributed by atoms with Gasteiger partial charge in [-0.15, -0.1) is 0 Å². The molecule has 1 aliphatic heterocycles. The molecule has 3 amide bonds. The SMILES string of the molecule is COc1ccc(CCN2CC(NC(=O)NC(C)C)CC2=O)cc1. The predicted octanol–water partition coefficient (Wildman–Crippen LogP) is 1.55. The number of urea groups is 1. The molecule has 23 heavy (non-hydrogen) atoms. The summed E-state index contributed by atoms with van der Waals surface area (Å²) >= 11 is 0.